The average molecular weight is 339 g/mol. The van der Waals surface area contributed by atoms with Crippen molar-refractivity contribution in [2.24, 2.45) is 0 Å². The van der Waals surface area contributed by atoms with E-state index in [2.05, 4.69) is 34.1 Å². The highest BCUT2D eigenvalue weighted by molar-refractivity contribution is 5.41. The number of fused-ring (bicyclic) bond motifs is 1. The minimum atomic E-state index is -0.0296. The van der Waals surface area contributed by atoms with Gasteiger partial charge in [0.05, 0.1) is 11.4 Å². The first-order chi connectivity index (χ1) is 11.9. The molecular formula is C19H25N5O. The van der Waals surface area contributed by atoms with Crippen molar-refractivity contribution >= 4 is 5.65 Å². The van der Waals surface area contributed by atoms with Gasteiger partial charge in [-0.05, 0) is 70.5 Å². The molecule has 1 N–H and O–H groups in total. The summed E-state index contributed by atoms with van der Waals surface area (Å²) >= 11 is 0. The third-order valence-corrected chi connectivity index (χ3v) is 4.56. The van der Waals surface area contributed by atoms with Crippen LogP contribution in [0.25, 0.3) is 5.65 Å². The molecule has 0 amide bonds. The van der Waals surface area contributed by atoms with Crippen molar-refractivity contribution in [2.75, 3.05) is 13.6 Å². The van der Waals surface area contributed by atoms with E-state index in [-0.39, 0.29) is 5.56 Å². The predicted molar refractivity (Wildman–Crippen MR) is 98.9 cm³/mol. The number of aromatic amines is 1. The molecule has 0 saturated heterocycles. The Kier molecular flexibility index (Phi) is 4.99. The maximum Gasteiger partial charge on any atom is 0.258 e. The van der Waals surface area contributed by atoms with Gasteiger partial charge >= 0.3 is 0 Å². The second kappa shape index (κ2) is 7.19. The van der Waals surface area contributed by atoms with Crippen LogP contribution in [0.3, 0.4) is 0 Å². The second-order valence-corrected chi connectivity index (χ2v) is 6.77. The monoisotopic (exact) mass is 339 g/mol. The Bertz CT molecular complexity index is 921. The van der Waals surface area contributed by atoms with Crippen molar-refractivity contribution in [2.45, 2.75) is 40.2 Å². The number of rotatable bonds is 6. The number of nitrogens with zero attached hydrogens (tertiary/aromatic N) is 4. The molecule has 0 saturated carbocycles. The van der Waals surface area contributed by atoms with Gasteiger partial charge in [-0.25, -0.2) is 4.98 Å². The Morgan fingerprint density at radius 1 is 1.24 bits per heavy atom. The molecule has 0 aliphatic rings. The first-order valence-electron chi connectivity index (χ1n) is 8.62. The highest BCUT2D eigenvalue weighted by atomic mass is 16.1. The number of H-pyrrole nitrogens is 1. The molecule has 0 bridgehead atoms. The average Bonchev–Trinajstić information content (AvgIpc) is 2.86. The number of hydrogen-bond donors (Lipinski definition) is 1. The van der Waals surface area contributed by atoms with E-state index < -0.39 is 0 Å². The highest BCUT2D eigenvalue weighted by Crippen LogP contribution is 2.12. The number of aryl methyl sites for hydroxylation is 3. The Balaban J connectivity index is 1.64. The van der Waals surface area contributed by atoms with Gasteiger partial charge in [-0.3, -0.25) is 14.3 Å². The maximum atomic E-state index is 12.2. The normalized spacial score (nSPS) is 11.6. The van der Waals surface area contributed by atoms with E-state index in [9.17, 15) is 4.79 Å². The molecule has 0 atom stereocenters. The molecule has 0 aromatic carbocycles. The second-order valence-electron chi connectivity index (χ2n) is 6.77. The molecule has 0 aliphatic heterocycles. The summed E-state index contributed by atoms with van der Waals surface area (Å²) in [7, 11) is 2.06. The summed E-state index contributed by atoms with van der Waals surface area (Å²) in [5.74, 6) is 0. The molecule has 25 heavy (non-hydrogen) atoms. The van der Waals surface area contributed by atoms with Crippen molar-refractivity contribution in [1.29, 1.82) is 0 Å². The van der Waals surface area contributed by atoms with Crippen LogP contribution >= 0.6 is 0 Å². The lowest BCUT2D eigenvalue weighted by Crippen LogP contribution is -2.23. The molecule has 0 aliphatic carbocycles. The Labute approximate surface area is 147 Å². The van der Waals surface area contributed by atoms with Gasteiger partial charge in [0.25, 0.3) is 5.56 Å². The van der Waals surface area contributed by atoms with Gasteiger partial charge in [0.15, 0.2) is 0 Å². The lowest BCUT2D eigenvalue weighted by atomic mass is 10.1. The zero-order valence-corrected chi connectivity index (χ0v) is 15.3. The molecular weight excluding hydrogens is 314 g/mol. The van der Waals surface area contributed by atoms with E-state index in [1.54, 1.807) is 16.7 Å². The molecule has 0 unspecified atom stereocenters. The van der Waals surface area contributed by atoms with Crippen molar-refractivity contribution in [3.05, 3.63) is 63.0 Å². The van der Waals surface area contributed by atoms with Crippen LogP contribution in [-0.2, 0) is 13.0 Å². The molecule has 3 heterocycles. The molecule has 132 valence electrons. The summed E-state index contributed by atoms with van der Waals surface area (Å²) in [5.41, 5.74) is 6.14. The topological polar surface area (TPSA) is 66.3 Å². The van der Waals surface area contributed by atoms with Gasteiger partial charge in [0, 0.05) is 24.5 Å². The molecule has 0 spiro atoms. The summed E-state index contributed by atoms with van der Waals surface area (Å²) < 4.78 is 1.58. The fourth-order valence-corrected chi connectivity index (χ4v) is 3.16. The smallest absolute Gasteiger partial charge is 0.258 e. The number of hydrogen-bond acceptors (Lipinski definition) is 4. The summed E-state index contributed by atoms with van der Waals surface area (Å²) in [5, 5.41) is 7.27. The lowest BCUT2D eigenvalue weighted by molar-refractivity contribution is 0.318. The number of aromatic nitrogens is 4. The number of pyridine rings is 1. The molecule has 0 fully saturated rings. The van der Waals surface area contributed by atoms with Crippen LogP contribution in [0.1, 0.15) is 34.6 Å². The van der Waals surface area contributed by atoms with Crippen LogP contribution in [0.4, 0.5) is 0 Å². The quantitative estimate of drug-likeness (QED) is 0.749. The molecule has 0 radical (unpaired) electrons. The van der Waals surface area contributed by atoms with E-state index >= 15 is 0 Å². The first-order valence-corrected chi connectivity index (χ1v) is 8.62. The van der Waals surface area contributed by atoms with Gasteiger partial charge < -0.3 is 4.90 Å². The van der Waals surface area contributed by atoms with Crippen LogP contribution in [-0.4, -0.2) is 38.1 Å². The summed E-state index contributed by atoms with van der Waals surface area (Å²) in [6, 6.07) is 5.49. The highest BCUT2D eigenvalue weighted by Gasteiger charge is 2.09. The molecule has 6 heteroatoms. The largest absolute Gasteiger partial charge is 0.301 e. The van der Waals surface area contributed by atoms with Gasteiger partial charge in [-0.1, -0.05) is 0 Å². The Morgan fingerprint density at radius 2 is 2.04 bits per heavy atom. The van der Waals surface area contributed by atoms with Crippen LogP contribution in [0.2, 0.25) is 0 Å². The zero-order chi connectivity index (χ0) is 18.0. The van der Waals surface area contributed by atoms with Crippen molar-refractivity contribution in [3.63, 3.8) is 0 Å². The van der Waals surface area contributed by atoms with E-state index in [0.717, 1.165) is 42.0 Å². The van der Waals surface area contributed by atoms with E-state index in [1.165, 1.54) is 5.56 Å². The maximum absolute atomic E-state index is 12.2. The third kappa shape index (κ3) is 3.96. The first kappa shape index (κ1) is 17.4. The Hall–Kier alpha value is -2.47. The van der Waals surface area contributed by atoms with Crippen molar-refractivity contribution in [3.8, 4) is 0 Å². The zero-order valence-electron chi connectivity index (χ0n) is 15.3. The molecule has 6 nitrogen and oxygen atoms in total. The van der Waals surface area contributed by atoms with E-state index in [4.69, 9.17) is 0 Å². The molecule has 3 aromatic rings. The summed E-state index contributed by atoms with van der Waals surface area (Å²) in [6.45, 7) is 7.72. The van der Waals surface area contributed by atoms with Crippen LogP contribution in [0.15, 0.2) is 29.2 Å². The van der Waals surface area contributed by atoms with E-state index in [0.29, 0.717) is 12.2 Å². The lowest BCUT2D eigenvalue weighted by Gasteiger charge is -2.16. The van der Waals surface area contributed by atoms with Crippen molar-refractivity contribution < 1.29 is 0 Å². The summed E-state index contributed by atoms with van der Waals surface area (Å²) in [6.07, 6.45) is 3.83. The minimum absolute atomic E-state index is 0.0296. The van der Waals surface area contributed by atoms with Crippen LogP contribution in [0.5, 0.6) is 0 Å². The summed E-state index contributed by atoms with van der Waals surface area (Å²) in [4.78, 5) is 19.1. The van der Waals surface area contributed by atoms with Gasteiger partial charge in [-0.15, -0.1) is 0 Å². The van der Waals surface area contributed by atoms with Gasteiger partial charge in [0.2, 0.25) is 0 Å². The minimum Gasteiger partial charge on any atom is -0.301 e. The predicted octanol–water partition coefficient (Wildman–Crippen LogP) is 2.41. The van der Waals surface area contributed by atoms with E-state index in [1.807, 2.05) is 26.0 Å². The van der Waals surface area contributed by atoms with Crippen molar-refractivity contribution in [1.82, 2.24) is 24.5 Å². The van der Waals surface area contributed by atoms with Gasteiger partial charge in [0.1, 0.15) is 5.65 Å². The fraction of sp³-hybridized carbons (Fsp3) is 0.421. The molecule has 3 rings (SSSR count). The Morgan fingerprint density at radius 3 is 2.76 bits per heavy atom. The van der Waals surface area contributed by atoms with Crippen LogP contribution < -0.4 is 5.56 Å². The molecule has 3 aromatic heterocycles. The SMILES string of the molecule is Cc1ccn2c(=O)cc(CN(C)CCCc3c(C)n[nH]c3C)nc2c1. The third-order valence-electron chi connectivity index (χ3n) is 4.56. The standard InChI is InChI=1S/C19H25N5O/c1-13-7-9-24-18(10-13)20-16(11-19(24)25)12-23(4)8-5-6-17-14(2)21-22-15(17)3/h7,9-11H,5-6,8,12H2,1-4H3,(H,21,22). The van der Waals surface area contributed by atoms with Gasteiger partial charge in [-0.2, -0.15) is 5.10 Å². The number of nitrogens with one attached hydrogen (secondary N) is 1. The fourth-order valence-electron chi connectivity index (χ4n) is 3.16. The van der Waals surface area contributed by atoms with Crippen LogP contribution in [0, 0.1) is 20.8 Å².